The maximum atomic E-state index is 13.6. The van der Waals surface area contributed by atoms with Crippen molar-refractivity contribution in [2.24, 2.45) is 0 Å². The lowest BCUT2D eigenvalue weighted by molar-refractivity contribution is 0.249. The fourth-order valence-corrected chi connectivity index (χ4v) is 2.83. The van der Waals surface area contributed by atoms with E-state index in [0.717, 1.165) is 18.2 Å². The molecule has 1 unspecified atom stereocenters. The molecule has 9 heteroatoms. The van der Waals surface area contributed by atoms with Gasteiger partial charge in [0.2, 0.25) is 0 Å². The van der Waals surface area contributed by atoms with Gasteiger partial charge in [-0.15, -0.1) is 0 Å². The Bertz CT molecular complexity index is 1100. The summed E-state index contributed by atoms with van der Waals surface area (Å²) in [5.74, 6) is -2.87. The van der Waals surface area contributed by atoms with Gasteiger partial charge in [-0.25, -0.2) is 18.0 Å². The van der Waals surface area contributed by atoms with Gasteiger partial charge in [0.15, 0.2) is 11.6 Å². The number of urea groups is 1. The SMILES string of the molecule is CC(NC(=O)Nc1ccc(F)c(Cl)c1)c1c[nH]c(=O)c2cc(F)c(F)cc12. The molecule has 3 rings (SSSR count). The molecule has 1 heterocycles. The molecular weight excluding hydrogens is 383 g/mol. The Morgan fingerprint density at radius 2 is 1.74 bits per heavy atom. The normalized spacial score (nSPS) is 12.0. The van der Waals surface area contributed by atoms with E-state index in [4.69, 9.17) is 11.6 Å². The van der Waals surface area contributed by atoms with Crippen molar-refractivity contribution in [3.05, 3.63) is 74.9 Å². The number of hydrogen-bond acceptors (Lipinski definition) is 2. The molecule has 0 spiro atoms. The summed E-state index contributed by atoms with van der Waals surface area (Å²) in [6.07, 6.45) is 1.32. The second-order valence-electron chi connectivity index (χ2n) is 5.83. The molecule has 27 heavy (non-hydrogen) atoms. The number of carbonyl (C=O) groups is 1. The maximum Gasteiger partial charge on any atom is 0.319 e. The third kappa shape index (κ3) is 3.90. The number of halogens is 4. The minimum absolute atomic E-state index is 0.0363. The molecule has 1 aromatic heterocycles. The Hall–Kier alpha value is -3.00. The van der Waals surface area contributed by atoms with E-state index in [9.17, 15) is 22.8 Å². The average molecular weight is 396 g/mol. The van der Waals surface area contributed by atoms with Crippen LogP contribution in [0.25, 0.3) is 10.8 Å². The number of aromatic nitrogens is 1. The average Bonchev–Trinajstić information content (AvgIpc) is 2.60. The number of anilines is 1. The number of pyridine rings is 1. The van der Waals surface area contributed by atoms with Gasteiger partial charge in [-0.3, -0.25) is 4.79 Å². The highest BCUT2D eigenvalue weighted by Crippen LogP contribution is 2.24. The van der Waals surface area contributed by atoms with Crippen molar-refractivity contribution < 1.29 is 18.0 Å². The van der Waals surface area contributed by atoms with Crippen LogP contribution in [0.1, 0.15) is 18.5 Å². The third-order valence-corrected chi connectivity index (χ3v) is 4.26. The van der Waals surface area contributed by atoms with E-state index in [2.05, 4.69) is 15.6 Å². The third-order valence-electron chi connectivity index (χ3n) is 3.97. The molecule has 0 saturated heterocycles. The van der Waals surface area contributed by atoms with E-state index < -0.39 is 35.1 Å². The summed E-state index contributed by atoms with van der Waals surface area (Å²) in [4.78, 5) is 26.4. The molecular formula is C18H13ClF3N3O2. The standard InChI is InChI=1S/C18H13ClF3N3O2/c1-8(24-18(27)25-9-2-3-14(20)13(19)4-9)12-7-23-17(26)11-6-16(22)15(21)5-10(11)12/h2-8H,1H3,(H,23,26)(H2,24,25,27). The van der Waals surface area contributed by atoms with E-state index in [1.165, 1.54) is 18.3 Å². The number of H-pyrrole nitrogens is 1. The van der Waals surface area contributed by atoms with Gasteiger partial charge in [0, 0.05) is 11.9 Å². The molecule has 0 radical (unpaired) electrons. The molecule has 0 aliphatic rings. The van der Waals surface area contributed by atoms with Crippen molar-refractivity contribution in [2.45, 2.75) is 13.0 Å². The lowest BCUT2D eigenvalue weighted by Crippen LogP contribution is -2.31. The number of benzene rings is 2. The summed E-state index contributed by atoms with van der Waals surface area (Å²) >= 11 is 5.66. The summed E-state index contributed by atoms with van der Waals surface area (Å²) in [5, 5.41) is 5.07. The second-order valence-corrected chi connectivity index (χ2v) is 6.24. The fourth-order valence-electron chi connectivity index (χ4n) is 2.65. The molecule has 0 bridgehead atoms. The van der Waals surface area contributed by atoms with Crippen molar-refractivity contribution >= 4 is 34.1 Å². The first-order valence-corrected chi connectivity index (χ1v) is 8.17. The Morgan fingerprint density at radius 3 is 2.41 bits per heavy atom. The van der Waals surface area contributed by atoms with Crippen LogP contribution < -0.4 is 16.2 Å². The van der Waals surface area contributed by atoms with Crippen molar-refractivity contribution in [3.63, 3.8) is 0 Å². The van der Waals surface area contributed by atoms with Crippen LogP contribution in [0.3, 0.4) is 0 Å². The van der Waals surface area contributed by atoms with E-state index in [1.807, 2.05) is 0 Å². The van der Waals surface area contributed by atoms with Crippen LogP contribution in [0.15, 0.2) is 41.3 Å². The van der Waals surface area contributed by atoms with E-state index in [0.29, 0.717) is 5.56 Å². The van der Waals surface area contributed by atoms with E-state index >= 15 is 0 Å². The van der Waals surface area contributed by atoms with Crippen LogP contribution in [0.2, 0.25) is 5.02 Å². The van der Waals surface area contributed by atoms with Gasteiger partial charge in [0.25, 0.3) is 5.56 Å². The Balaban J connectivity index is 1.85. The van der Waals surface area contributed by atoms with Gasteiger partial charge < -0.3 is 15.6 Å². The van der Waals surface area contributed by atoms with Crippen LogP contribution >= 0.6 is 11.6 Å². The highest BCUT2D eigenvalue weighted by Gasteiger charge is 2.16. The molecule has 3 aromatic rings. The summed E-state index contributed by atoms with van der Waals surface area (Å²) in [5.41, 5.74) is 0.0755. The van der Waals surface area contributed by atoms with Gasteiger partial charge in [0.1, 0.15) is 5.82 Å². The molecule has 140 valence electrons. The Kier molecular flexibility index (Phi) is 5.09. The molecule has 1 atom stereocenters. The van der Waals surface area contributed by atoms with Gasteiger partial charge in [-0.2, -0.15) is 0 Å². The van der Waals surface area contributed by atoms with Crippen LogP contribution in [-0.2, 0) is 0 Å². The maximum absolute atomic E-state index is 13.6. The van der Waals surface area contributed by atoms with E-state index in [1.54, 1.807) is 6.92 Å². The number of nitrogens with one attached hydrogen (secondary N) is 3. The molecule has 0 aliphatic heterocycles. The molecule has 0 saturated carbocycles. The highest BCUT2D eigenvalue weighted by atomic mass is 35.5. The monoisotopic (exact) mass is 395 g/mol. The minimum Gasteiger partial charge on any atom is -0.331 e. The summed E-state index contributed by atoms with van der Waals surface area (Å²) in [7, 11) is 0. The molecule has 3 N–H and O–H groups in total. The summed E-state index contributed by atoms with van der Waals surface area (Å²) in [6, 6.07) is 4.10. The first-order chi connectivity index (χ1) is 12.8. The van der Waals surface area contributed by atoms with Crippen LogP contribution in [-0.4, -0.2) is 11.0 Å². The van der Waals surface area contributed by atoms with Crippen LogP contribution in [0, 0.1) is 17.5 Å². The zero-order valence-corrected chi connectivity index (χ0v) is 14.6. The Labute approximate surface area is 156 Å². The van der Waals surface area contributed by atoms with Crippen molar-refractivity contribution in [1.29, 1.82) is 0 Å². The van der Waals surface area contributed by atoms with Gasteiger partial charge in [-0.05, 0) is 48.2 Å². The topological polar surface area (TPSA) is 74.0 Å². The van der Waals surface area contributed by atoms with Crippen LogP contribution in [0.4, 0.5) is 23.7 Å². The molecule has 0 aliphatic carbocycles. The van der Waals surface area contributed by atoms with Gasteiger partial charge >= 0.3 is 6.03 Å². The molecule has 5 nitrogen and oxygen atoms in total. The zero-order chi connectivity index (χ0) is 19.7. The van der Waals surface area contributed by atoms with Gasteiger partial charge in [-0.1, -0.05) is 11.6 Å². The first-order valence-electron chi connectivity index (χ1n) is 7.79. The number of aromatic amines is 1. The first kappa shape index (κ1) is 18.8. The molecule has 0 fully saturated rings. The largest absolute Gasteiger partial charge is 0.331 e. The van der Waals surface area contributed by atoms with Crippen molar-refractivity contribution in [3.8, 4) is 0 Å². The smallest absolute Gasteiger partial charge is 0.319 e. The van der Waals surface area contributed by atoms with Crippen molar-refractivity contribution in [1.82, 2.24) is 10.3 Å². The lowest BCUT2D eigenvalue weighted by Gasteiger charge is -2.17. The predicted molar refractivity (Wildman–Crippen MR) is 96.5 cm³/mol. The number of fused-ring (bicyclic) bond motifs is 1. The second kappa shape index (κ2) is 7.32. The molecule has 2 amide bonds. The van der Waals surface area contributed by atoms with E-state index in [-0.39, 0.29) is 21.5 Å². The number of hydrogen-bond donors (Lipinski definition) is 3. The zero-order valence-electron chi connectivity index (χ0n) is 13.9. The summed E-state index contributed by atoms with van der Waals surface area (Å²) in [6.45, 7) is 1.60. The van der Waals surface area contributed by atoms with Crippen LogP contribution in [0.5, 0.6) is 0 Å². The number of amides is 2. The highest BCUT2D eigenvalue weighted by molar-refractivity contribution is 6.31. The lowest BCUT2D eigenvalue weighted by atomic mass is 10.0. The summed E-state index contributed by atoms with van der Waals surface area (Å²) < 4.78 is 40.2. The Morgan fingerprint density at radius 1 is 1.07 bits per heavy atom. The minimum atomic E-state index is -1.14. The fraction of sp³-hybridized carbons (Fsp3) is 0.111. The quantitative estimate of drug-likeness (QED) is 0.611. The van der Waals surface area contributed by atoms with Gasteiger partial charge in [0.05, 0.1) is 16.5 Å². The predicted octanol–water partition coefficient (Wildman–Crippen LogP) is 4.48. The number of carbonyl (C=O) groups excluding carboxylic acids is 1. The molecule has 2 aromatic carbocycles. The number of rotatable bonds is 3. The van der Waals surface area contributed by atoms with Crippen molar-refractivity contribution in [2.75, 3.05) is 5.32 Å².